The first-order chi connectivity index (χ1) is 11.0. The fraction of sp³-hybridized carbons (Fsp3) is 0.188. The molecule has 0 bridgehead atoms. The van der Waals surface area contributed by atoms with Gasteiger partial charge >= 0.3 is 5.97 Å². The van der Waals surface area contributed by atoms with Crippen molar-refractivity contribution in [3.05, 3.63) is 56.9 Å². The number of aromatic nitrogens is 1. The molecule has 0 aliphatic heterocycles. The fourth-order valence-corrected chi connectivity index (χ4v) is 3.13. The van der Waals surface area contributed by atoms with Gasteiger partial charge in [-0.3, -0.25) is 4.79 Å². The third-order valence-corrected chi connectivity index (χ3v) is 4.27. The molecule has 0 aliphatic carbocycles. The predicted octanol–water partition coefficient (Wildman–Crippen LogP) is 2.55. The van der Waals surface area contributed by atoms with Gasteiger partial charge in [0.1, 0.15) is 11.8 Å². The number of ether oxygens (including phenoxy) is 1. The van der Waals surface area contributed by atoms with Crippen molar-refractivity contribution < 1.29 is 14.6 Å². The van der Waals surface area contributed by atoms with Gasteiger partial charge in [-0.1, -0.05) is 0 Å². The van der Waals surface area contributed by atoms with Gasteiger partial charge in [-0.15, -0.1) is 11.8 Å². The normalized spacial score (nSPS) is 10.1. The molecule has 2 N–H and O–H groups in total. The topological polar surface area (TPSA) is 103 Å². The first-order valence-electron chi connectivity index (χ1n) is 6.63. The standard InChI is InChI=1S/C16H14N2O4S/c1-9-5-14(19)18-15(12(9)7-17)23-8-11-6-10(16(20)21)3-4-13(11)22-2/h3-6H,8H2,1-2H3,(H,18,19)(H,20,21). The summed E-state index contributed by atoms with van der Waals surface area (Å²) in [7, 11) is 1.50. The molecule has 0 aliphatic rings. The smallest absolute Gasteiger partial charge is 0.335 e. The number of aryl methyl sites for hydroxylation is 1. The van der Waals surface area contributed by atoms with Gasteiger partial charge < -0.3 is 14.8 Å². The number of thioether (sulfide) groups is 1. The lowest BCUT2D eigenvalue weighted by Crippen LogP contribution is -2.08. The largest absolute Gasteiger partial charge is 0.496 e. The monoisotopic (exact) mass is 330 g/mol. The SMILES string of the molecule is COc1ccc(C(=O)O)cc1CSc1[nH]c(=O)cc(C)c1C#N. The maximum Gasteiger partial charge on any atom is 0.335 e. The summed E-state index contributed by atoms with van der Waals surface area (Å²) in [6.07, 6.45) is 0. The third kappa shape index (κ3) is 3.73. The highest BCUT2D eigenvalue weighted by molar-refractivity contribution is 7.98. The van der Waals surface area contributed by atoms with Gasteiger partial charge in [-0.05, 0) is 30.7 Å². The maximum absolute atomic E-state index is 11.6. The lowest BCUT2D eigenvalue weighted by molar-refractivity contribution is 0.0696. The molecule has 1 aromatic carbocycles. The van der Waals surface area contributed by atoms with E-state index in [-0.39, 0.29) is 11.1 Å². The number of benzene rings is 1. The number of nitriles is 1. The summed E-state index contributed by atoms with van der Waals surface area (Å²) in [5.41, 5.74) is 1.55. The van der Waals surface area contributed by atoms with Gasteiger partial charge in [0.05, 0.1) is 23.3 Å². The molecule has 118 valence electrons. The molecule has 0 radical (unpaired) electrons. The van der Waals surface area contributed by atoms with Crippen LogP contribution in [0.15, 0.2) is 34.1 Å². The van der Waals surface area contributed by atoms with Crippen molar-refractivity contribution in [3.63, 3.8) is 0 Å². The summed E-state index contributed by atoms with van der Waals surface area (Å²) in [5.74, 6) is -0.116. The van der Waals surface area contributed by atoms with E-state index in [2.05, 4.69) is 11.1 Å². The molecule has 0 saturated heterocycles. The van der Waals surface area contributed by atoms with Crippen molar-refractivity contribution >= 4 is 17.7 Å². The molecule has 0 saturated carbocycles. The maximum atomic E-state index is 11.6. The van der Waals surface area contributed by atoms with Crippen LogP contribution < -0.4 is 10.3 Å². The zero-order chi connectivity index (χ0) is 17.0. The number of carboxylic acid groups (broad SMARTS) is 1. The van der Waals surface area contributed by atoms with Crippen molar-refractivity contribution in [2.75, 3.05) is 7.11 Å². The average Bonchev–Trinajstić information content (AvgIpc) is 2.52. The summed E-state index contributed by atoms with van der Waals surface area (Å²) < 4.78 is 5.23. The van der Waals surface area contributed by atoms with Crippen LogP contribution in [-0.4, -0.2) is 23.2 Å². The minimum Gasteiger partial charge on any atom is -0.496 e. The van der Waals surface area contributed by atoms with Crippen LogP contribution in [0.4, 0.5) is 0 Å². The predicted molar refractivity (Wildman–Crippen MR) is 86.0 cm³/mol. The second-order valence-corrected chi connectivity index (χ2v) is 5.74. The number of carboxylic acids is 1. The van der Waals surface area contributed by atoms with E-state index in [1.165, 1.54) is 37.1 Å². The molecule has 2 aromatic rings. The molecule has 0 atom stereocenters. The van der Waals surface area contributed by atoms with Crippen molar-refractivity contribution in [1.82, 2.24) is 4.98 Å². The van der Waals surface area contributed by atoms with Gasteiger partial charge in [0.15, 0.2) is 0 Å². The van der Waals surface area contributed by atoms with Crippen LogP contribution in [0.2, 0.25) is 0 Å². The number of nitrogens with zero attached hydrogens (tertiary/aromatic N) is 1. The van der Waals surface area contributed by atoms with Crippen molar-refractivity contribution in [1.29, 1.82) is 5.26 Å². The number of aromatic carboxylic acids is 1. The molecule has 7 heteroatoms. The van der Waals surface area contributed by atoms with Crippen LogP contribution >= 0.6 is 11.8 Å². The number of hydrogen-bond acceptors (Lipinski definition) is 5. The number of methoxy groups -OCH3 is 1. The van der Waals surface area contributed by atoms with E-state index < -0.39 is 5.97 Å². The second kappa shape index (κ2) is 7.03. The van der Waals surface area contributed by atoms with Crippen LogP contribution in [-0.2, 0) is 5.75 Å². The molecular formula is C16H14N2O4S. The Morgan fingerprint density at radius 1 is 1.43 bits per heavy atom. The van der Waals surface area contributed by atoms with Crippen LogP contribution in [0.5, 0.6) is 5.75 Å². The Hall–Kier alpha value is -2.72. The van der Waals surface area contributed by atoms with E-state index in [9.17, 15) is 14.9 Å². The van der Waals surface area contributed by atoms with Crippen LogP contribution in [0.1, 0.15) is 27.0 Å². The molecule has 0 amide bonds. The molecule has 1 heterocycles. The summed E-state index contributed by atoms with van der Waals surface area (Å²) in [4.78, 5) is 25.3. The summed E-state index contributed by atoms with van der Waals surface area (Å²) >= 11 is 1.25. The number of aromatic amines is 1. The Morgan fingerprint density at radius 3 is 2.78 bits per heavy atom. The number of H-pyrrole nitrogens is 1. The zero-order valence-electron chi connectivity index (χ0n) is 12.5. The quantitative estimate of drug-likeness (QED) is 0.817. The molecule has 0 spiro atoms. The number of pyridine rings is 1. The highest BCUT2D eigenvalue weighted by atomic mass is 32.2. The van der Waals surface area contributed by atoms with Crippen LogP contribution in [0.25, 0.3) is 0 Å². The minimum absolute atomic E-state index is 0.152. The second-order valence-electron chi connectivity index (χ2n) is 4.75. The minimum atomic E-state index is -1.03. The Balaban J connectivity index is 2.35. The molecule has 0 fully saturated rings. The molecule has 6 nitrogen and oxygen atoms in total. The highest BCUT2D eigenvalue weighted by Crippen LogP contribution is 2.29. The number of carbonyl (C=O) groups is 1. The molecule has 2 rings (SSSR count). The summed E-state index contributed by atoms with van der Waals surface area (Å²) in [6.45, 7) is 1.70. The first kappa shape index (κ1) is 16.6. The van der Waals surface area contributed by atoms with E-state index in [0.29, 0.717) is 33.2 Å². The van der Waals surface area contributed by atoms with Crippen molar-refractivity contribution in [2.45, 2.75) is 17.7 Å². The Bertz CT molecular complexity index is 852. The lowest BCUT2D eigenvalue weighted by atomic mass is 10.1. The number of nitrogens with one attached hydrogen (secondary N) is 1. The number of rotatable bonds is 5. The fourth-order valence-electron chi connectivity index (χ4n) is 2.08. The van der Waals surface area contributed by atoms with Crippen molar-refractivity contribution in [2.24, 2.45) is 0 Å². The average molecular weight is 330 g/mol. The first-order valence-corrected chi connectivity index (χ1v) is 7.62. The van der Waals surface area contributed by atoms with E-state index >= 15 is 0 Å². The Kier molecular flexibility index (Phi) is 5.09. The Labute approximate surface area is 136 Å². The van der Waals surface area contributed by atoms with E-state index in [1.54, 1.807) is 13.0 Å². The third-order valence-electron chi connectivity index (χ3n) is 3.22. The van der Waals surface area contributed by atoms with Crippen LogP contribution in [0.3, 0.4) is 0 Å². The zero-order valence-corrected chi connectivity index (χ0v) is 13.4. The van der Waals surface area contributed by atoms with Gasteiger partial charge in [-0.25, -0.2) is 4.79 Å². The molecule has 1 aromatic heterocycles. The molecule has 23 heavy (non-hydrogen) atoms. The summed E-state index contributed by atoms with van der Waals surface area (Å²) in [5, 5.41) is 18.8. The van der Waals surface area contributed by atoms with E-state index in [1.807, 2.05) is 0 Å². The highest BCUT2D eigenvalue weighted by Gasteiger charge is 2.12. The van der Waals surface area contributed by atoms with E-state index in [0.717, 1.165) is 0 Å². The van der Waals surface area contributed by atoms with Gasteiger partial charge in [0.2, 0.25) is 5.56 Å². The van der Waals surface area contributed by atoms with Gasteiger partial charge in [0.25, 0.3) is 0 Å². The molecular weight excluding hydrogens is 316 g/mol. The lowest BCUT2D eigenvalue weighted by Gasteiger charge is -2.10. The van der Waals surface area contributed by atoms with Gasteiger partial charge in [0, 0.05) is 17.4 Å². The van der Waals surface area contributed by atoms with Gasteiger partial charge in [-0.2, -0.15) is 5.26 Å². The number of hydrogen-bond donors (Lipinski definition) is 2. The van der Waals surface area contributed by atoms with E-state index in [4.69, 9.17) is 9.84 Å². The summed E-state index contributed by atoms with van der Waals surface area (Å²) in [6, 6.07) is 8.01. The molecule has 0 unspecified atom stereocenters. The van der Waals surface area contributed by atoms with Crippen LogP contribution in [0, 0.1) is 18.3 Å². The Morgan fingerprint density at radius 2 is 2.17 bits per heavy atom. The van der Waals surface area contributed by atoms with Crippen molar-refractivity contribution in [3.8, 4) is 11.8 Å².